The van der Waals surface area contributed by atoms with Crippen LogP contribution in [0.15, 0.2) is 34.5 Å². The molecule has 4 heterocycles. The fourth-order valence-corrected chi connectivity index (χ4v) is 3.72. The van der Waals surface area contributed by atoms with E-state index < -0.39 is 0 Å². The third-order valence-corrected chi connectivity index (χ3v) is 5.23. The van der Waals surface area contributed by atoms with Gasteiger partial charge in [0.15, 0.2) is 0 Å². The van der Waals surface area contributed by atoms with E-state index in [1.54, 1.807) is 6.20 Å². The predicted molar refractivity (Wildman–Crippen MR) is 92.3 cm³/mol. The number of rotatable bonds is 3. The van der Waals surface area contributed by atoms with Gasteiger partial charge < -0.3 is 9.32 Å². The molecule has 1 aliphatic rings. The van der Waals surface area contributed by atoms with Gasteiger partial charge in [-0.3, -0.25) is 4.79 Å². The minimum atomic E-state index is 0.0591. The minimum Gasteiger partial charge on any atom is -0.420 e. The number of hydrogen-bond donors (Lipinski definition) is 0. The van der Waals surface area contributed by atoms with Gasteiger partial charge in [0.05, 0.1) is 22.1 Å². The molecule has 3 aromatic heterocycles. The Bertz CT molecular complexity index is 877. The SMILES string of the molecule is Cc1ncncc1-c1nnc([C@H]2CCCN(C(=O)c3cccs3)C2)o1. The van der Waals surface area contributed by atoms with Gasteiger partial charge in [-0.25, -0.2) is 9.97 Å². The predicted octanol–water partition coefficient (Wildman–Crippen LogP) is 2.92. The second-order valence-corrected chi connectivity index (χ2v) is 6.98. The number of aryl methyl sites for hydroxylation is 1. The van der Waals surface area contributed by atoms with E-state index in [9.17, 15) is 4.79 Å². The lowest BCUT2D eigenvalue weighted by atomic mass is 9.98. The molecule has 128 valence electrons. The number of carbonyl (C=O) groups is 1. The van der Waals surface area contributed by atoms with Crippen molar-refractivity contribution in [3.05, 3.63) is 46.5 Å². The summed E-state index contributed by atoms with van der Waals surface area (Å²) in [6.45, 7) is 3.24. The smallest absolute Gasteiger partial charge is 0.263 e. The van der Waals surface area contributed by atoms with Crippen molar-refractivity contribution in [2.75, 3.05) is 13.1 Å². The molecule has 7 nitrogen and oxygen atoms in total. The van der Waals surface area contributed by atoms with E-state index >= 15 is 0 Å². The Morgan fingerprint density at radius 2 is 2.32 bits per heavy atom. The Morgan fingerprint density at radius 3 is 3.12 bits per heavy atom. The highest BCUT2D eigenvalue weighted by atomic mass is 32.1. The van der Waals surface area contributed by atoms with Crippen molar-refractivity contribution >= 4 is 17.2 Å². The van der Waals surface area contributed by atoms with Gasteiger partial charge in [-0.1, -0.05) is 6.07 Å². The number of amides is 1. The molecule has 1 atom stereocenters. The molecule has 0 saturated carbocycles. The first-order valence-corrected chi connectivity index (χ1v) is 9.03. The van der Waals surface area contributed by atoms with Crippen LogP contribution in [0, 0.1) is 6.92 Å². The van der Waals surface area contributed by atoms with E-state index in [0.29, 0.717) is 18.3 Å². The highest BCUT2D eigenvalue weighted by Gasteiger charge is 2.29. The summed E-state index contributed by atoms with van der Waals surface area (Å²) in [7, 11) is 0. The standard InChI is InChI=1S/C17H17N5O2S/c1-11-13(8-18-10-19-11)16-21-20-15(24-16)12-4-2-6-22(9-12)17(23)14-5-3-7-25-14/h3,5,7-8,10,12H,2,4,6,9H2,1H3/t12-/m0/s1. The topological polar surface area (TPSA) is 85.0 Å². The van der Waals surface area contributed by atoms with Gasteiger partial charge in [0.2, 0.25) is 5.89 Å². The third-order valence-electron chi connectivity index (χ3n) is 4.37. The molecular formula is C17H17N5O2S. The maximum atomic E-state index is 12.6. The number of likely N-dealkylation sites (tertiary alicyclic amines) is 1. The normalized spacial score (nSPS) is 17.6. The number of aromatic nitrogens is 4. The van der Waals surface area contributed by atoms with E-state index in [-0.39, 0.29) is 11.8 Å². The molecule has 25 heavy (non-hydrogen) atoms. The number of piperidine rings is 1. The van der Waals surface area contributed by atoms with Gasteiger partial charge in [0.25, 0.3) is 11.8 Å². The molecule has 0 unspecified atom stereocenters. The Kier molecular flexibility index (Phi) is 4.27. The lowest BCUT2D eigenvalue weighted by Gasteiger charge is -2.30. The molecule has 4 rings (SSSR count). The van der Waals surface area contributed by atoms with Crippen molar-refractivity contribution in [2.45, 2.75) is 25.7 Å². The molecule has 1 fully saturated rings. The summed E-state index contributed by atoms with van der Waals surface area (Å²) < 4.78 is 5.87. The van der Waals surface area contributed by atoms with Crippen LogP contribution in [0.5, 0.6) is 0 Å². The zero-order valence-electron chi connectivity index (χ0n) is 13.8. The molecule has 3 aromatic rings. The number of nitrogens with zero attached hydrogens (tertiary/aromatic N) is 5. The van der Waals surface area contributed by atoms with Gasteiger partial charge >= 0.3 is 0 Å². The third kappa shape index (κ3) is 3.17. The van der Waals surface area contributed by atoms with Crippen LogP contribution in [0.3, 0.4) is 0 Å². The van der Waals surface area contributed by atoms with Crippen molar-refractivity contribution in [3.8, 4) is 11.5 Å². The Morgan fingerprint density at radius 1 is 1.40 bits per heavy atom. The Hall–Kier alpha value is -2.61. The first-order chi connectivity index (χ1) is 12.2. The second kappa shape index (κ2) is 6.72. The van der Waals surface area contributed by atoms with E-state index in [4.69, 9.17) is 4.42 Å². The summed E-state index contributed by atoms with van der Waals surface area (Å²) in [4.78, 5) is 23.4. The molecule has 0 aliphatic carbocycles. The highest BCUT2D eigenvalue weighted by molar-refractivity contribution is 7.12. The van der Waals surface area contributed by atoms with Crippen LogP contribution in [0.2, 0.25) is 0 Å². The van der Waals surface area contributed by atoms with Crippen molar-refractivity contribution in [2.24, 2.45) is 0 Å². The van der Waals surface area contributed by atoms with E-state index in [2.05, 4.69) is 20.2 Å². The zero-order chi connectivity index (χ0) is 17.2. The first-order valence-electron chi connectivity index (χ1n) is 8.15. The maximum Gasteiger partial charge on any atom is 0.263 e. The molecule has 1 saturated heterocycles. The quantitative estimate of drug-likeness (QED) is 0.718. The molecule has 0 aromatic carbocycles. The molecule has 0 N–H and O–H groups in total. The van der Waals surface area contributed by atoms with Crippen LogP contribution >= 0.6 is 11.3 Å². The lowest BCUT2D eigenvalue weighted by molar-refractivity contribution is 0.0703. The fourth-order valence-electron chi connectivity index (χ4n) is 3.03. The van der Waals surface area contributed by atoms with Crippen LogP contribution in [0.1, 0.15) is 40.0 Å². The van der Waals surface area contributed by atoms with E-state index in [0.717, 1.165) is 35.5 Å². The van der Waals surface area contributed by atoms with Crippen molar-refractivity contribution in [1.29, 1.82) is 0 Å². The largest absolute Gasteiger partial charge is 0.420 e. The van der Waals surface area contributed by atoms with Gasteiger partial charge in [-0.2, -0.15) is 0 Å². The van der Waals surface area contributed by atoms with Gasteiger partial charge in [0.1, 0.15) is 6.33 Å². The van der Waals surface area contributed by atoms with E-state index in [1.807, 2.05) is 29.3 Å². The van der Waals surface area contributed by atoms with Crippen LogP contribution in [0.25, 0.3) is 11.5 Å². The summed E-state index contributed by atoms with van der Waals surface area (Å²) in [6.07, 6.45) is 5.02. The molecule has 0 radical (unpaired) electrons. The van der Waals surface area contributed by atoms with Gasteiger partial charge in [0, 0.05) is 19.3 Å². The lowest BCUT2D eigenvalue weighted by Crippen LogP contribution is -2.38. The Labute approximate surface area is 148 Å². The molecule has 0 bridgehead atoms. The van der Waals surface area contributed by atoms with Crippen molar-refractivity contribution in [1.82, 2.24) is 25.1 Å². The molecule has 0 spiro atoms. The van der Waals surface area contributed by atoms with Crippen molar-refractivity contribution < 1.29 is 9.21 Å². The van der Waals surface area contributed by atoms with Gasteiger partial charge in [-0.05, 0) is 31.2 Å². The summed E-state index contributed by atoms with van der Waals surface area (Å²) >= 11 is 1.47. The van der Waals surface area contributed by atoms with Crippen LogP contribution in [0.4, 0.5) is 0 Å². The average Bonchev–Trinajstić information content (AvgIpc) is 3.34. The fraction of sp³-hybridized carbons (Fsp3) is 0.353. The Balaban J connectivity index is 1.52. The molecule has 1 amide bonds. The van der Waals surface area contributed by atoms with Crippen LogP contribution in [-0.4, -0.2) is 44.1 Å². The molecular weight excluding hydrogens is 338 g/mol. The van der Waals surface area contributed by atoms with Crippen LogP contribution < -0.4 is 0 Å². The number of carbonyl (C=O) groups excluding carboxylic acids is 1. The summed E-state index contributed by atoms with van der Waals surface area (Å²) in [5.41, 5.74) is 1.53. The first kappa shape index (κ1) is 15.9. The van der Waals surface area contributed by atoms with Crippen LogP contribution in [-0.2, 0) is 0 Å². The maximum absolute atomic E-state index is 12.6. The summed E-state index contributed by atoms with van der Waals surface area (Å²) in [6, 6.07) is 3.76. The summed E-state index contributed by atoms with van der Waals surface area (Å²) in [5, 5.41) is 10.3. The number of thiophene rings is 1. The monoisotopic (exact) mass is 355 g/mol. The number of hydrogen-bond acceptors (Lipinski definition) is 7. The zero-order valence-corrected chi connectivity index (χ0v) is 14.6. The average molecular weight is 355 g/mol. The van der Waals surface area contributed by atoms with E-state index in [1.165, 1.54) is 17.7 Å². The molecule has 8 heteroatoms. The minimum absolute atomic E-state index is 0.0591. The van der Waals surface area contributed by atoms with Gasteiger partial charge in [-0.15, -0.1) is 21.5 Å². The summed E-state index contributed by atoms with van der Waals surface area (Å²) in [5.74, 6) is 1.13. The molecule has 1 aliphatic heterocycles. The van der Waals surface area contributed by atoms with Crippen molar-refractivity contribution in [3.63, 3.8) is 0 Å². The second-order valence-electron chi connectivity index (χ2n) is 6.03. The highest BCUT2D eigenvalue weighted by Crippen LogP contribution is 2.29.